The van der Waals surface area contributed by atoms with Gasteiger partial charge in [0.2, 0.25) is 5.91 Å². The topological polar surface area (TPSA) is 341 Å². The Kier molecular flexibility index (Phi) is 24.5. The van der Waals surface area contributed by atoms with Crippen molar-refractivity contribution in [2.24, 2.45) is 0 Å². The van der Waals surface area contributed by atoms with Crippen LogP contribution in [0.25, 0.3) is 0 Å². The van der Waals surface area contributed by atoms with Crippen molar-refractivity contribution in [2.75, 3.05) is 90.7 Å². The highest BCUT2D eigenvalue weighted by Gasteiger charge is 2.54. The van der Waals surface area contributed by atoms with Gasteiger partial charge in [-0.3, -0.25) is 4.79 Å². The van der Waals surface area contributed by atoms with Crippen LogP contribution in [0.15, 0.2) is 12.7 Å². The van der Waals surface area contributed by atoms with Crippen LogP contribution in [0.2, 0.25) is 0 Å². The van der Waals surface area contributed by atoms with Crippen molar-refractivity contribution in [3.05, 3.63) is 12.7 Å². The van der Waals surface area contributed by atoms with Gasteiger partial charge in [0.1, 0.15) is 79.9 Å². The van der Waals surface area contributed by atoms with Crippen LogP contribution in [-0.2, 0) is 57.0 Å². The Balaban J connectivity index is 1.39. The molecule has 0 radical (unpaired) electrons. The molecule has 0 aromatic rings. The number of hydrogen-bond donors (Lipinski definition) is 11. The van der Waals surface area contributed by atoms with Crippen molar-refractivity contribution in [2.45, 2.75) is 105 Å². The molecule has 23 nitrogen and oxygen atoms in total. The van der Waals surface area contributed by atoms with Crippen LogP contribution < -0.4 is 5.32 Å². The number of rotatable bonds is 28. The molecular weight excluding hydrogens is 818 g/mol. The minimum atomic E-state index is -1.92. The third-order valence-corrected chi connectivity index (χ3v) is 10.3. The van der Waals surface area contributed by atoms with Crippen molar-refractivity contribution in [1.82, 2.24) is 5.32 Å². The largest absolute Gasteiger partial charge is 0.460 e. The second-order valence-electron chi connectivity index (χ2n) is 13.5. The van der Waals surface area contributed by atoms with Gasteiger partial charge in [0.25, 0.3) is 0 Å². The zero-order valence-corrected chi connectivity index (χ0v) is 33.4. The van der Waals surface area contributed by atoms with Gasteiger partial charge in [-0.2, -0.15) is 11.8 Å². The monoisotopic (exact) mass is 879 g/mol. The van der Waals surface area contributed by atoms with Crippen LogP contribution in [0, 0.1) is 0 Å². The normalized spacial score (nSPS) is 35.0. The predicted molar refractivity (Wildman–Crippen MR) is 198 cm³/mol. The quantitative estimate of drug-likeness (QED) is 0.0198. The van der Waals surface area contributed by atoms with E-state index in [4.69, 9.17) is 47.4 Å². The summed E-state index contributed by atoms with van der Waals surface area (Å²) in [6.45, 7) is 3.27. The van der Waals surface area contributed by atoms with Crippen molar-refractivity contribution < 1.29 is 108 Å². The van der Waals surface area contributed by atoms with Gasteiger partial charge >= 0.3 is 5.97 Å². The van der Waals surface area contributed by atoms with Gasteiger partial charge in [0.05, 0.1) is 66.1 Å². The van der Waals surface area contributed by atoms with Crippen molar-refractivity contribution >= 4 is 23.6 Å². The molecule has 0 bridgehead atoms. The Morgan fingerprint density at radius 1 is 0.593 bits per heavy atom. The van der Waals surface area contributed by atoms with Gasteiger partial charge in [-0.05, 0) is 12.2 Å². The van der Waals surface area contributed by atoms with Gasteiger partial charge in [-0.1, -0.05) is 6.58 Å². The third-order valence-electron chi connectivity index (χ3n) is 9.22. The molecule has 0 spiro atoms. The zero-order chi connectivity index (χ0) is 43.3. The Hall–Kier alpha value is -1.73. The van der Waals surface area contributed by atoms with E-state index in [0.717, 1.165) is 6.08 Å². The fourth-order valence-corrected chi connectivity index (χ4v) is 6.69. The van der Waals surface area contributed by atoms with Crippen LogP contribution in [0.5, 0.6) is 0 Å². The molecule has 15 atom stereocenters. The van der Waals surface area contributed by atoms with Crippen molar-refractivity contribution in [3.8, 4) is 0 Å². The fraction of sp³-hybridized carbons (Fsp3) is 0.886. The molecule has 3 aliphatic heterocycles. The summed E-state index contributed by atoms with van der Waals surface area (Å²) < 4.78 is 54.9. The molecule has 3 heterocycles. The summed E-state index contributed by atoms with van der Waals surface area (Å²) in [5, 5.41) is 106. The lowest BCUT2D eigenvalue weighted by atomic mass is 9.96. The van der Waals surface area contributed by atoms with E-state index in [0.29, 0.717) is 50.9 Å². The molecule has 3 aliphatic rings. The summed E-state index contributed by atoms with van der Waals surface area (Å²) in [5.74, 6) is 0.452. The first-order chi connectivity index (χ1) is 28.4. The second-order valence-corrected chi connectivity index (χ2v) is 14.7. The Morgan fingerprint density at radius 2 is 1.08 bits per heavy atom. The number of esters is 1. The number of aliphatic hydroxyl groups excluding tert-OH is 10. The van der Waals surface area contributed by atoms with Gasteiger partial charge in [-0.15, -0.1) is 0 Å². The molecule has 0 aromatic carbocycles. The maximum atomic E-state index is 12.1. The average molecular weight is 880 g/mol. The number of carbonyl (C=O) groups is 2. The lowest BCUT2D eigenvalue weighted by molar-refractivity contribution is -0.393. The van der Waals surface area contributed by atoms with E-state index in [1.165, 1.54) is 11.8 Å². The molecule has 0 unspecified atom stereocenters. The maximum absolute atomic E-state index is 12.1. The minimum Gasteiger partial charge on any atom is -0.460 e. The summed E-state index contributed by atoms with van der Waals surface area (Å²) in [4.78, 5) is 23.0. The summed E-state index contributed by atoms with van der Waals surface area (Å²) in [5.41, 5.74) is 0. The van der Waals surface area contributed by atoms with E-state index in [1.807, 2.05) is 0 Å². The molecule has 3 saturated heterocycles. The lowest BCUT2D eigenvalue weighted by Gasteiger charge is -2.48. The predicted octanol–water partition coefficient (Wildman–Crippen LogP) is -6.14. The Bertz CT molecular complexity index is 1190. The van der Waals surface area contributed by atoms with E-state index in [9.17, 15) is 60.7 Å². The molecule has 59 heavy (non-hydrogen) atoms. The number of aliphatic hydroxyl groups is 10. The summed E-state index contributed by atoms with van der Waals surface area (Å²) in [7, 11) is 0. The first-order valence-electron chi connectivity index (χ1n) is 19.2. The fourth-order valence-electron chi connectivity index (χ4n) is 5.92. The molecule has 0 aliphatic carbocycles. The highest BCUT2D eigenvalue weighted by molar-refractivity contribution is 7.99. The number of carbonyl (C=O) groups excluding carboxylic acids is 2. The van der Waals surface area contributed by atoms with Gasteiger partial charge in [0.15, 0.2) is 18.9 Å². The molecule has 11 N–H and O–H groups in total. The maximum Gasteiger partial charge on any atom is 0.330 e. The molecule has 0 aromatic heterocycles. The Labute approximate surface area is 345 Å². The number of ether oxygens (including phenoxy) is 10. The van der Waals surface area contributed by atoms with E-state index >= 15 is 0 Å². The van der Waals surface area contributed by atoms with E-state index in [-0.39, 0.29) is 38.8 Å². The highest BCUT2D eigenvalue weighted by atomic mass is 32.2. The summed E-state index contributed by atoms with van der Waals surface area (Å²) in [6, 6.07) is 0. The smallest absolute Gasteiger partial charge is 0.330 e. The number of nitrogens with one attached hydrogen (secondary N) is 1. The molecule has 1 amide bonds. The highest BCUT2D eigenvalue weighted by Crippen LogP contribution is 2.33. The molecule has 24 heteroatoms. The molecule has 344 valence electrons. The van der Waals surface area contributed by atoms with Gasteiger partial charge in [0, 0.05) is 24.8 Å². The first-order valence-corrected chi connectivity index (χ1v) is 20.4. The van der Waals surface area contributed by atoms with E-state index in [2.05, 4.69) is 11.9 Å². The van der Waals surface area contributed by atoms with Crippen molar-refractivity contribution in [3.63, 3.8) is 0 Å². The summed E-state index contributed by atoms with van der Waals surface area (Å²) >= 11 is 1.51. The summed E-state index contributed by atoms with van der Waals surface area (Å²) in [6.07, 6.45) is -23.5. The van der Waals surface area contributed by atoms with Gasteiger partial charge in [-0.25, -0.2) is 4.79 Å². The van der Waals surface area contributed by atoms with Crippen LogP contribution in [0.4, 0.5) is 0 Å². The third kappa shape index (κ3) is 16.5. The van der Waals surface area contributed by atoms with E-state index in [1.54, 1.807) is 0 Å². The molecule has 0 saturated carbocycles. The van der Waals surface area contributed by atoms with E-state index < -0.39 is 118 Å². The average Bonchev–Trinajstić information content (AvgIpc) is 3.23. The SMILES string of the molecule is C=CC(=O)OCCOCCOCCOCCC(=O)NCCSCCCO[C@@H]1O[C@H](CO)[C@@H](O)[C@H](O)[C@@H]1O[C@@H]1O[C@H](CO)[C@@H](O)[C@H](O)[C@@H]1O[C@@H]1O[C@H](CO)[C@@H](O)[C@H](O)[C@@H]1O. The number of amides is 1. The molecular formula is C35H61NO22S. The van der Waals surface area contributed by atoms with Crippen LogP contribution in [0.1, 0.15) is 12.8 Å². The van der Waals surface area contributed by atoms with Gasteiger partial charge < -0.3 is 104 Å². The number of hydrogen-bond acceptors (Lipinski definition) is 23. The molecule has 3 fully saturated rings. The minimum absolute atomic E-state index is 0.0308. The second kappa shape index (κ2) is 28.1. The Morgan fingerprint density at radius 3 is 1.66 bits per heavy atom. The van der Waals surface area contributed by atoms with Crippen LogP contribution in [-0.4, -0.2) is 246 Å². The van der Waals surface area contributed by atoms with Crippen LogP contribution >= 0.6 is 11.8 Å². The first kappa shape index (κ1) is 51.6. The van der Waals surface area contributed by atoms with Crippen molar-refractivity contribution in [1.29, 1.82) is 0 Å². The lowest BCUT2D eigenvalue weighted by Crippen LogP contribution is -2.67. The standard InChI is InChI=1S/C35H61NO22S/c1-2-23(41)52-13-12-51-11-10-50-9-8-49-7-4-22(40)36-5-15-59-14-3-6-53-34-31(28(46)25(43)20(17-38)55-34)58-35-32(29(47)26(44)21(18-39)56-35)57-33-30(48)27(45)24(42)19(16-37)54-33/h2,19-21,24-35,37-39,42-48H,1,3-18H2,(H,36,40)/t19-,20-,21-,24-,25-,26-,27+,28+,29+,30+,31+,32+,33+,34-,35+/m1/s1. The van der Waals surface area contributed by atoms with Crippen LogP contribution in [0.3, 0.4) is 0 Å². The zero-order valence-electron chi connectivity index (χ0n) is 32.5. The molecule has 3 rings (SSSR count). The number of thioether (sulfide) groups is 1.